The maximum Gasteiger partial charge on any atom is 0.216 e. The molecule has 4 nitrogen and oxygen atoms in total. The summed E-state index contributed by atoms with van der Waals surface area (Å²) < 4.78 is 25.5. The van der Waals surface area contributed by atoms with Crippen molar-refractivity contribution in [2.75, 3.05) is 20.1 Å². The number of hydrogen-bond acceptors (Lipinski definition) is 3. The third-order valence-electron chi connectivity index (χ3n) is 3.19. The van der Waals surface area contributed by atoms with Gasteiger partial charge in [0.1, 0.15) is 0 Å². The van der Waals surface area contributed by atoms with Crippen LogP contribution in [-0.4, -0.2) is 44.2 Å². The summed E-state index contributed by atoms with van der Waals surface area (Å²) in [5.41, 5.74) is 0. The molecule has 0 radical (unpaired) electrons. The van der Waals surface area contributed by atoms with Gasteiger partial charge in [0, 0.05) is 19.1 Å². The van der Waals surface area contributed by atoms with E-state index in [1.165, 1.54) is 0 Å². The van der Waals surface area contributed by atoms with Crippen molar-refractivity contribution in [3.05, 3.63) is 0 Å². The van der Waals surface area contributed by atoms with Gasteiger partial charge in [-0.25, -0.2) is 12.7 Å². The molecule has 0 aromatic heterocycles. The molecule has 0 bridgehead atoms. The van der Waals surface area contributed by atoms with Crippen molar-refractivity contribution < 1.29 is 8.42 Å². The van der Waals surface area contributed by atoms with Crippen LogP contribution in [0.4, 0.5) is 0 Å². The van der Waals surface area contributed by atoms with Gasteiger partial charge in [0.15, 0.2) is 0 Å². The lowest BCUT2D eigenvalue weighted by atomic mass is 9.96. The van der Waals surface area contributed by atoms with E-state index in [2.05, 4.69) is 12.2 Å². The first kappa shape index (κ1) is 12.9. The molecule has 0 aromatic carbocycles. The predicted molar refractivity (Wildman–Crippen MR) is 62.3 cm³/mol. The van der Waals surface area contributed by atoms with E-state index in [4.69, 9.17) is 0 Å². The van der Waals surface area contributed by atoms with Crippen molar-refractivity contribution >= 4 is 10.0 Å². The van der Waals surface area contributed by atoms with Crippen LogP contribution in [0.1, 0.15) is 27.2 Å². The average Bonchev–Trinajstić information content (AvgIpc) is 2.17. The summed E-state index contributed by atoms with van der Waals surface area (Å²) in [4.78, 5) is 0. The fraction of sp³-hybridized carbons (Fsp3) is 1.00. The highest BCUT2D eigenvalue weighted by molar-refractivity contribution is 7.89. The third-order valence-corrected chi connectivity index (χ3v) is 5.44. The molecule has 0 spiro atoms. The molecule has 0 amide bonds. The molecular formula is C10H22N2O2S. The number of hydrogen-bond donors (Lipinski definition) is 1. The fourth-order valence-corrected chi connectivity index (χ4v) is 3.46. The Morgan fingerprint density at radius 3 is 2.40 bits per heavy atom. The van der Waals surface area contributed by atoms with Gasteiger partial charge >= 0.3 is 0 Å². The Kier molecular flexibility index (Phi) is 4.14. The molecule has 0 saturated carbocycles. The van der Waals surface area contributed by atoms with Crippen LogP contribution >= 0.6 is 0 Å². The zero-order chi connectivity index (χ0) is 11.6. The minimum absolute atomic E-state index is 0.309. The van der Waals surface area contributed by atoms with Gasteiger partial charge in [0.05, 0.1) is 5.25 Å². The first-order chi connectivity index (χ1) is 6.89. The van der Waals surface area contributed by atoms with Gasteiger partial charge in [-0.2, -0.15) is 0 Å². The summed E-state index contributed by atoms with van der Waals surface area (Å²) >= 11 is 0. The zero-order valence-corrected chi connectivity index (χ0v) is 10.8. The summed E-state index contributed by atoms with van der Waals surface area (Å²) in [6, 6.07) is 0.448. The normalized spacial score (nSPS) is 29.7. The van der Waals surface area contributed by atoms with Crippen molar-refractivity contribution in [1.29, 1.82) is 0 Å². The van der Waals surface area contributed by atoms with E-state index in [0.29, 0.717) is 25.0 Å². The zero-order valence-electron chi connectivity index (χ0n) is 10.0. The van der Waals surface area contributed by atoms with Crippen LogP contribution in [0.5, 0.6) is 0 Å². The Morgan fingerprint density at radius 2 is 2.00 bits per heavy atom. The molecule has 1 saturated heterocycles. The fourth-order valence-electron chi connectivity index (χ4n) is 2.07. The minimum Gasteiger partial charge on any atom is -0.317 e. The summed E-state index contributed by atoms with van der Waals surface area (Å²) in [5.74, 6) is 0.386. The van der Waals surface area contributed by atoms with Gasteiger partial charge < -0.3 is 5.32 Å². The largest absolute Gasteiger partial charge is 0.317 e. The minimum atomic E-state index is -3.06. The maximum absolute atomic E-state index is 11.9. The lowest BCUT2D eigenvalue weighted by molar-refractivity contribution is 0.227. The number of nitrogens with zero attached hydrogens (tertiary/aromatic N) is 1. The number of nitrogens with one attached hydrogen (secondary N) is 1. The molecule has 1 aliphatic rings. The Labute approximate surface area is 93.1 Å². The molecule has 1 heterocycles. The van der Waals surface area contributed by atoms with Crippen molar-refractivity contribution in [3.63, 3.8) is 0 Å². The van der Waals surface area contributed by atoms with E-state index in [1.54, 1.807) is 18.2 Å². The first-order valence-electron chi connectivity index (χ1n) is 5.55. The van der Waals surface area contributed by atoms with E-state index in [1.807, 2.05) is 7.05 Å². The third kappa shape index (κ3) is 2.71. The molecule has 2 unspecified atom stereocenters. The Bertz CT molecular complexity index is 301. The summed E-state index contributed by atoms with van der Waals surface area (Å²) in [5, 5.41) is 2.92. The van der Waals surface area contributed by atoms with Gasteiger partial charge in [0.2, 0.25) is 10.0 Å². The highest BCUT2D eigenvalue weighted by Crippen LogP contribution is 2.21. The van der Waals surface area contributed by atoms with Gasteiger partial charge in [-0.1, -0.05) is 6.92 Å². The van der Waals surface area contributed by atoms with Gasteiger partial charge in [-0.05, 0) is 33.2 Å². The predicted octanol–water partition coefficient (Wildman–Crippen LogP) is 0.654. The van der Waals surface area contributed by atoms with Crippen LogP contribution in [-0.2, 0) is 10.0 Å². The molecule has 1 N–H and O–H groups in total. The number of piperidine rings is 1. The molecule has 90 valence electrons. The molecule has 1 fully saturated rings. The maximum atomic E-state index is 11.9. The highest BCUT2D eigenvalue weighted by atomic mass is 32.2. The van der Waals surface area contributed by atoms with E-state index >= 15 is 0 Å². The molecule has 15 heavy (non-hydrogen) atoms. The second kappa shape index (κ2) is 4.80. The number of rotatable bonds is 3. The lowest BCUT2D eigenvalue weighted by Gasteiger charge is -2.36. The summed E-state index contributed by atoms with van der Waals surface area (Å²) in [7, 11) is -1.12. The second-order valence-electron chi connectivity index (χ2n) is 4.61. The SMILES string of the molecule is CNC1CCN(S(=O)(=O)C(C)C)CC1C. The van der Waals surface area contributed by atoms with E-state index in [9.17, 15) is 8.42 Å². The molecular weight excluding hydrogens is 212 g/mol. The molecule has 2 atom stereocenters. The standard InChI is InChI=1S/C10H22N2O2S/c1-8(2)15(13,14)12-6-5-10(11-4)9(3)7-12/h8-11H,5-7H2,1-4H3. The highest BCUT2D eigenvalue weighted by Gasteiger charge is 2.33. The molecule has 1 rings (SSSR count). The van der Waals surface area contributed by atoms with Gasteiger partial charge in [-0.3, -0.25) is 0 Å². The van der Waals surface area contributed by atoms with Crippen LogP contribution < -0.4 is 5.32 Å². The Balaban J connectivity index is 2.70. The Morgan fingerprint density at radius 1 is 1.40 bits per heavy atom. The van der Waals surface area contributed by atoms with Crippen LogP contribution in [0.3, 0.4) is 0 Å². The second-order valence-corrected chi connectivity index (χ2v) is 7.10. The smallest absolute Gasteiger partial charge is 0.216 e. The Hall–Kier alpha value is -0.130. The van der Waals surface area contributed by atoms with Crippen LogP contribution in [0, 0.1) is 5.92 Å². The molecule has 5 heteroatoms. The monoisotopic (exact) mass is 234 g/mol. The number of sulfonamides is 1. The average molecular weight is 234 g/mol. The summed E-state index contributed by atoms with van der Waals surface area (Å²) in [6.07, 6.45) is 0.906. The lowest BCUT2D eigenvalue weighted by Crippen LogP contribution is -2.50. The van der Waals surface area contributed by atoms with Gasteiger partial charge in [0.25, 0.3) is 0 Å². The molecule has 0 aromatic rings. The van der Waals surface area contributed by atoms with Crippen LogP contribution in [0.25, 0.3) is 0 Å². The first-order valence-corrected chi connectivity index (χ1v) is 7.06. The van der Waals surface area contributed by atoms with Crippen molar-refractivity contribution in [2.24, 2.45) is 5.92 Å². The van der Waals surface area contributed by atoms with Crippen molar-refractivity contribution in [2.45, 2.75) is 38.5 Å². The quantitative estimate of drug-likeness (QED) is 0.780. The van der Waals surface area contributed by atoms with E-state index in [-0.39, 0.29) is 5.25 Å². The van der Waals surface area contributed by atoms with Crippen LogP contribution in [0.15, 0.2) is 0 Å². The topological polar surface area (TPSA) is 49.4 Å². The van der Waals surface area contributed by atoms with Crippen molar-refractivity contribution in [3.8, 4) is 0 Å². The molecule has 1 aliphatic heterocycles. The van der Waals surface area contributed by atoms with E-state index in [0.717, 1.165) is 6.42 Å². The van der Waals surface area contributed by atoms with Gasteiger partial charge in [-0.15, -0.1) is 0 Å². The van der Waals surface area contributed by atoms with Crippen LogP contribution in [0.2, 0.25) is 0 Å². The summed E-state index contributed by atoms with van der Waals surface area (Å²) in [6.45, 7) is 6.87. The molecule has 0 aliphatic carbocycles. The van der Waals surface area contributed by atoms with Crippen molar-refractivity contribution in [1.82, 2.24) is 9.62 Å². The van der Waals surface area contributed by atoms with E-state index < -0.39 is 10.0 Å².